The lowest BCUT2D eigenvalue weighted by Gasteiger charge is -2.35. The molecule has 148 heavy (non-hydrogen) atoms. The summed E-state index contributed by atoms with van der Waals surface area (Å²) in [4.78, 5) is 5.26. The van der Waals surface area contributed by atoms with Crippen molar-refractivity contribution in [1.29, 1.82) is 0 Å². The van der Waals surface area contributed by atoms with E-state index in [2.05, 4.69) is 592 Å². The van der Waals surface area contributed by atoms with Crippen molar-refractivity contribution < 1.29 is 0 Å². The summed E-state index contributed by atoms with van der Waals surface area (Å²) < 4.78 is 0. The topological polar surface area (TPSA) is 6.48 Å². The molecule has 0 heterocycles. The zero-order chi connectivity index (χ0) is 97.7. The van der Waals surface area contributed by atoms with Gasteiger partial charge in [0.05, 0.1) is 33.6 Å². The normalized spacial score (nSPS) is 12.6. The molecular formula is C146H96N2. The number of nitrogens with zero attached hydrogens (tertiary/aromatic N) is 2. The fourth-order valence-electron chi connectivity index (χ4n) is 25.1. The summed E-state index contributed by atoms with van der Waals surface area (Å²) >= 11 is 0. The first kappa shape index (κ1) is 86.7. The molecule has 0 unspecified atom stereocenters. The van der Waals surface area contributed by atoms with Gasteiger partial charge < -0.3 is 9.80 Å². The first-order valence-electron chi connectivity index (χ1n) is 51.4. The lowest BCUT2D eigenvalue weighted by molar-refractivity contribution is 0.768. The van der Waals surface area contributed by atoms with Gasteiger partial charge in [0.2, 0.25) is 0 Å². The van der Waals surface area contributed by atoms with E-state index in [1.807, 2.05) is 0 Å². The van der Waals surface area contributed by atoms with E-state index in [4.69, 9.17) is 0 Å². The highest BCUT2D eigenvalue weighted by Crippen LogP contribution is 2.65. The minimum atomic E-state index is -0.659. The molecule has 690 valence electrons. The molecule has 0 spiro atoms. The standard InChI is InChI=1S/C146H96N2/c1-8-40-97(41-9-1)108-84-89-120(100-44-12-3-13-45-100)132(96-108)102-82-87-118(88-83-102)147(137-74-38-72-135-141(137)130-67-32-34-70-133(130)145(135,113-50-14-4-15-51-113)114-52-16-5-17-53-114)143-128-65-30-26-61-123(128)121-59-24-28-63-126(121)139(143)109-79-78-106-91-105(76-77-107(106)92-109)103-48-36-49-104(90-103)112-94-110(98-42-10-2-11-43-98)93-111(95-112)99-80-85-117(86-81-99)148(144-129-66-31-27-62-124(129)122-60-25-29-64-127(122)140(144)125-69-37-47-101-46-22-23-58-119(101)125)138-75-39-73-136-142(138)131-68-33-35-71-134(131)146(136,115-54-18-6-19-55-115)116-56-20-7-21-57-116/h1-96H. The monoisotopic (exact) mass is 1880 g/mol. The van der Waals surface area contributed by atoms with Crippen molar-refractivity contribution in [2.75, 3.05) is 9.80 Å². The molecule has 26 aromatic carbocycles. The number of rotatable bonds is 19. The van der Waals surface area contributed by atoms with Crippen molar-refractivity contribution in [3.63, 3.8) is 0 Å². The van der Waals surface area contributed by atoms with Crippen LogP contribution in [0.1, 0.15) is 44.5 Å². The lowest BCUT2D eigenvalue weighted by Crippen LogP contribution is -2.28. The molecule has 0 N–H and O–H groups in total. The molecule has 0 aliphatic heterocycles. The number of hydrogen-bond acceptors (Lipinski definition) is 2. The minimum Gasteiger partial charge on any atom is -0.309 e. The second-order valence-electron chi connectivity index (χ2n) is 39.4. The van der Waals surface area contributed by atoms with Gasteiger partial charge in [-0.1, -0.05) is 504 Å². The molecule has 0 radical (unpaired) electrons. The summed E-state index contributed by atoms with van der Waals surface area (Å²) in [6.45, 7) is 0. The molecule has 0 amide bonds. The average molecular weight is 1880 g/mol. The number of anilines is 6. The molecule has 26 aromatic rings. The summed E-state index contributed by atoms with van der Waals surface area (Å²) in [5, 5.41) is 14.1. The maximum atomic E-state index is 2.63. The Morgan fingerprint density at radius 3 is 0.919 bits per heavy atom. The van der Waals surface area contributed by atoms with Crippen LogP contribution in [0.15, 0.2) is 582 Å². The van der Waals surface area contributed by atoms with Gasteiger partial charge in [-0.3, -0.25) is 0 Å². The second kappa shape index (κ2) is 36.1. The largest absolute Gasteiger partial charge is 0.309 e. The Bertz CT molecular complexity index is 9600. The van der Waals surface area contributed by atoms with Crippen molar-refractivity contribution in [2.24, 2.45) is 0 Å². The highest BCUT2D eigenvalue weighted by atomic mass is 15.2. The maximum absolute atomic E-state index is 2.63. The molecule has 0 aromatic heterocycles. The minimum absolute atomic E-state index is 0.647. The fraction of sp³-hybridized carbons (Fsp3) is 0.0137. The molecule has 0 atom stereocenters. The van der Waals surface area contributed by atoms with Crippen molar-refractivity contribution in [3.8, 4) is 122 Å². The fourth-order valence-corrected chi connectivity index (χ4v) is 25.1. The van der Waals surface area contributed by atoms with Crippen LogP contribution in [0.3, 0.4) is 0 Å². The second-order valence-corrected chi connectivity index (χ2v) is 39.4. The molecule has 0 saturated heterocycles. The third-order valence-corrected chi connectivity index (χ3v) is 31.5. The van der Waals surface area contributed by atoms with E-state index in [0.29, 0.717) is 0 Å². The van der Waals surface area contributed by atoms with Crippen LogP contribution in [0.5, 0.6) is 0 Å². The zero-order valence-electron chi connectivity index (χ0n) is 81.3. The Balaban J connectivity index is 0.592. The molecule has 2 aliphatic carbocycles. The number of benzene rings is 26. The Hall–Kier alpha value is -19.1. The first-order valence-corrected chi connectivity index (χ1v) is 51.4. The van der Waals surface area contributed by atoms with Crippen LogP contribution in [0.2, 0.25) is 0 Å². The average Bonchev–Trinajstić information content (AvgIpc) is 1.52. The predicted octanol–water partition coefficient (Wildman–Crippen LogP) is 39.3. The lowest BCUT2D eigenvalue weighted by atomic mass is 9.68. The summed E-state index contributed by atoms with van der Waals surface area (Å²) in [5.41, 5.74) is 40.5. The predicted molar refractivity (Wildman–Crippen MR) is 624 cm³/mol. The molecule has 28 rings (SSSR count). The molecule has 0 saturated carbocycles. The summed E-state index contributed by atoms with van der Waals surface area (Å²) in [6, 6.07) is 219. The van der Waals surface area contributed by atoms with E-state index in [1.54, 1.807) is 0 Å². The Labute approximate surface area is 862 Å². The summed E-state index contributed by atoms with van der Waals surface area (Å²) in [6.07, 6.45) is 0. The third-order valence-electron chi connectivity index (χ3n) is 31.5. The van der Waals surface area contributed by atoms with Crippen LogP contribution in [0.25, 0.3) is 187 Å². The SMILES string of the molecule is c1ccc(-c2cc(-c3ccc(N(c4cccc5c4-c4ccccc4C5(c4ccccc4)c4ccccc4)c4c(-c5cccc6ccccc56)c5ccccc5c5ccccc45)cc3)cc(-c3cccc(-c4ccc5cc(-c6c(N(c7ccc(-c8cc(-c9ccccc9)ccc8-c8ccccc8)cc7)c7cccc8c7-c7ccccc7C8(c7ccccc7)c7ccccc7)c7ccccc7c7ccccc67)ccc5c4)c3)c2)cc1. The Morgan fingerprint density at radius 1 is 0.128 bits per heavy atom. The van der Waals surface area contributed by atoms with Gasteiger partial charge in [-0.15, -0.1) is 0 Å². The molecule has 0 bridgehead atoms. The van der Waals surface area contributed by atoms with Crippen molar-refractivity contribution in [2.45, 2.75) is 10.8 Å². The van der Waals surface area contributed by atoms with Crippen LogP contribution in [-0.4, -0.2) is 0 Å². The van der Waals surface area contributed by atoms with Gasteiger partial charge in [0.15, 0.2) is 0 Å². The molecular weight excluding hydrogens is 1780 g/mol. The summed E-state index contributed by atoms with van der Waals surface area (Å²) in [5.74, 6) is 0. The molecule has 2 aliphatic rings. The Kier molecular flexibility index (Phi) is 21.1. The van der Waals surface area contributed by atoms with Gasteiger partial charge >= 0.3 is 0 Å². The van der Waals surface area contributed by atoms with Gasteiger partial charge in [0.1, 0.15) is 0 Å². The van der Waals surface area contributed by atoms with E-state index in [0.717, 1.165) is 117 Å². The van der Waals surface area contributed by atoms with Gasteiger partial charge in [-0.2, -0.15) is 0 Å². The van der Waals surface area contributed by atoms with Crippen LogP contribution in [0.4, 0.5) is 34.1 Å². The highest BCUT2D eigenvalue weighted by molar-refractivity contribution is 6.26. The van der Waals surface area contributed by atoms with Crippen molar-refractivity contribution >= 4 is 98.8 Å². The van der Waals surface area contributed by atoms with Crippen LogP contribution in [0, 0.1) is 0 Å². The maximum Gasteiger partial charge on any atom is 0.0714 e. The zero-order valence-corrected chi connectivity index (χ0v) is 81.3. The number of fused-ring (bicyclic) bond motifs is 14. The van der Waals surface area contributed by atoms with E-state index >= 15 is 0 Å². The van der Waals surface area contributed by atoms with E-state index in [1.165, 1.54) is 149 Å². The van der Waals surface area contributed by atoms with Crippen LogP contribution < -0.4 is 9.80 Å². The first-order chi connectivity index (χ1) is 73.4. The van der Waals surface area contributed by atoms with Gasteiger partial charge in [-0.25, -0.2) is 0 Å². The molecule has 0 fully saturated rings. The van der Waals surface area contributed by atoms with Gasteiger partial charge in [-0.05, 0) is 277 Å². The van der Waals surface area contributed by atoms with Gasteiger partial charge in [0.25, 0.3) is 0 Å². The van der Waals surface area contributed by atoms with E-state index in [-0.39, 0.29) is 0 Å². The summed E-state index contributed by atoms with van der Waals surface area (Å²) in [7, 11) is 0. The smallest absolute Gasteiger partial charge is 0.0714 e. The quantitative estimate of drug-likeness (QED) is 0.0745. The van der Waals surface area contributed by atoms with E-state index < -0.39 is 10.8 Å². The third kappa shape index (κ3) is 14.2. The molecule has 2 nitrogen and oxygen atoms in total. The number of hydrogen-bond donors (Lipinski definition) is 0. The van der Waals surface area contributed by atoms with Crippen LogP contribution >= 0.6 is 0 Å². The highest BCUT2D eigenvalue weighted by Gasteiger charge is 2.50. The molecule has 2 heteroatoms. The van der Waals surface area contributed by atoms with E-state index in [9.17, 15) is 0 Å². The van der Waals surface area contributed by atoms with Crippen LogP contribution in [-0.2, 0) is 10.8 Å². The Morgan fingerprint density at radius 2 is 0.419 bits per heavy atom. The van der Waals surface area contributed by atoms with Gasteiger partial charge in [0, 0.05) is 44.4 Å². The van der Waals surface area contributed by atoms with Crippen molar-refractivity contribution in [3.05, 3.63) is 627 Å². The van der Waals surface area contributed by atoms with Crippen molar-refractivity contribution in [1.82, 2.24) is 0 Å².